The topological polar surface area (TPSA) is 78.9 Å². The van der Waals surface area contributed by atoms with E-state index in [4.69, 9.17) is 14.2 Å². The third kappa shape index (κ3) is 61.5. The van der Waals surface area contributed by atoms with E-state index < -0.39 is 0 Å². The molecule has 0 N–H and O–H groups in total. The molecule has 0 aromatic carbocycles. The Hall–Kier alpha value is 0.259. The maximum absolute atomic E-state index is 10.7. The van der Waals surface area contributed by atoms with Gasteiger partial charge in [0, 0.05) is 0 Å². The molecule has 0 heterocycles. The van der Waals surface area contributed by atoms with Crippen molar-refractivity contribution < 1.29 is 28.6 Å². The van der Waals surface area contributed by atoms with Crippen molar-refractivity contribution in [3.63, 3.8) is 0 Å². The number of thiol groups is 3. The molecule has 0 spiro atoms. The first-order chi connectivity index (χ1) is 22.9. The average Bonchev–Trinajstić information content (AvgIpc) is 3.05. The van der Waals surface area contributed by atoms with Crippen LogP contribution in [0.25, 0.3) is 0 Å². The van der Waals surface area contributed by atoms with Gasteiger partial charge in [-0.05, 0) is 37.0 Å². The van der Waals surface area contributed by atoms with Gasteiger partial charge in [0.25, 0.3) is 0 Å². The van der Waals surface area contributed by atoms with Crippen LogP contribution in [0.2, 0.25) is 4.44 Å². The quantitative estimate of drug-likeness (QED) is 0.0251. The SMILES string of the molecule is CC(C)CCCCCOC(=O)CS.CC(C)CCCCCOC(=O)CS.CC(C)CCCCCOC(=O)CS.CCCCCCC[CH2][Sn]. The summed E-state index contributed by atoms with van der Waals surface area (Å²) < 4.78 is 16.1. The third-order valence-electron chi connectivity index (χ3n) is 6.98. The Labute approximate surface area is 328 Å². The van der Waals surface area contributed by atoms with Crippen LogP contribution in [-0.4, -0.2) is 77.5 Å². The van der Waals surface area contributed by atoms with Crippen molar-refractivity contribution in [1.82, 2.24) is 0 Å². The van der Waals surface area contributed by atoms with Crippen molar-refractivity contribution in [3.05, 3.63) is 0 Å². The van der Waals surface area contributed by atoms with Gasteiger partial charge in [-0.1, -0.05) is 99.3 Å². The van der Waals surface area contributed by atoms with E-state index in [0.717, 1.165) is 56.3 Å². The summed E-state index contributed by atoms with van der Waals surface area (Å²) in [6.07, 6.45) is 22.6. The molecule has 287 valence electrons. The molecule has 0 aliphatic carbocycles. The Balaban J connectivity index is -0.000000271. The summed E-state index contributed by atoms with van der Waals surface area (Å²) in [6, 6.07) is 0. The van der Waals surface area contributed by atoms with E-state index in [-0.39, 0.29) is 35.2 Å². The summed E-state index contributed by atoms with van der Waals surface area (Å²) in [4.78, 5) is 32.0. The number of rotatable bonds is 27. The van der Waals surface area contributed by atoms with Crippen molar-refractivity contribution in [1.29, 1.82) is 0 Å². The summed E-state index contributed by atoms with van der Waals surface area (Å²) in [5.41, 5.74) is 0. The third-order valence-corrected chi connectivity index (χ3v) is 8.77. The van der Waals surface area contributed by atoms with Crippen LogP contribution in [0.5, 0.6) is 0 Å². The van der Waals surface area contributed by atoms with Gasteiger partial charge in [0.1, 0.15) is 0 Å². The number of ether oxygens (including phenoxy) is 3. The normalized spacial score (nSPS) is 10.4. The molecule has 0 amide bonds. The Kier molecular flexibility index (Phi) is 54.2. The van der Waals surface area contributed by atoms with Crippen LogP contribution >= 0.6 is 37.9 Å². The summed E-state index contributed by atoms with van der Waals surface area (Å²) >= 11 is 13.1. The van der Waals surface area contributed by atoms with Gasteiger partial charge in [-0.3, -0.25) is 14.4 Å². The van der Waals surface area contributed by atoms with Gasteiger partial charge in [0.15, 0.2) is 0 Å². The number of hydrogen-bond acceptors (Lipinski definition) is 9. The molecule has 0 saturated heterocycles. The molecule has 0 aromatic heterocycles. The maximum atomic E-state index is 10.7. The second-order valence-corrected chi connectivity index (χ2v) is 15.8. The first-order valence-electron chi connectivity index (χ1n) is 18.8. The average molecular weight is 845 g/mol. The molecule has 0 aliphatic heterocycles. The van der Waals surface area contributed by atoms with Crippen LogP contribution in [0.1, 0.15) is 164 Å². The molecule has 48 heavy (non-hydrogen) atoms. The summed E-state index contributed by atoms with van der Waals surface area (Å²) in [7, 11) is 0. The van der Waals surface area contributed by atoms with Crippen molar-refractivity contribution in [2.45, 2.75) is 168 Å². The van der Waals surface area contributed by atoms with Gasteiger partial charge in [-0.15, -0.1) is 0 Å². The standard InChI is InChI=1S/3C10H20O2S.C8H17.Sn/c3*1-9(2)6-4-3-5-7-12-10(11)8-13;1-3-5-7-8-6-4-2;/h3*9,13H,3-8H2,1-2H3;1,3-8H2,2H3;. The predicted octanol–water partition coefficient (Wildman–Crippen LogP) is 11.0. The van der Waals surface area contributed by atoms with E-state index in [1.165, 1.54) is 81.5 Å². The Bertz CT molecular complexity index is 584. The van der Waals surface area contributed by atoms with E-state index in [1.54, 1.807) is 22.5 Å². The van der Waals surface area contributed by atoms with Crippen molar-refractivity contribution in [2.75, 3.05) is 37.1 Å². The van der Waals surface area contributed by atoms with Gasteiger partial charge in [0.2, 0.25) is 0 Å². The van der Waals surface area contributed by atoms with Crippen LogP contribution < -0.4 is 0 Å². The monoisotopic (exact) mass is 845 g/mol. The summed E-state index contributed by atoms with van der Waals surface area (Å²) in [6.45, 7) is 17.3. The number of carbonyl (C=O) groups excluding carboxylic acids is 3. The zero-order valence-corrected chi connectivity index (χ0v) is 37.7. The molecular weight excluding hydrogens is 767 g/mol. The molecular formula is C38H77O6S3Sn. The van der Waals surface area contributed by atoms with E-state index in [1.807, 2.05) is 0 Å². The predicted molar refractivity (Wildman–Crippen MR) is 218 cm³/mol. The van der Waals surface area contributed by atoms with E-state index in [2.05, 4.69) is 86.4 Å². The van der Waals surface area contributed by atoms with Crippen LogP contribution in [0.3, 0.4) is 0 Å². The first-order valence-corrected chi connectivity index (χ1v) is 22.8. The molecule has 0 bridgehead atoms. The minimum absolute atomic E-state index is 0.187. The second kappa shape index (κ2) is 47.3. The fraction of sp³-hybridized carbons (Fsp3) is 0.921. The molecule has 0 saturated carbocycles. The van der Waals surface area contributed by atoms with E-state index in [0.29, 0.717) is 19.8 Å². The van der Waals surface area contributed by atoms with Gasteiger partial charge in [-0.25, -0.2) is 0 Å². The van der Waals surface area contributed by atoms with Crippen molar-refractivity contribution in [3.8, 4) is 0 Å². The van der Waals surface area contributed by atoms with Gasteiger partial charge < -0.3 is 14.2 Å². The number of hydrogen-bond donors (Lipinski definition) is 3. The fourth-order valence-corrected chi connectivity index (χ4v) is 5.08. The van der Waals surface area contributed by atoms with E-state index >= 15 is 0 Å². The zero-order valence-electron chi connectivity index (χ0n) is 32.2. The Morgan fingerprint density at radius 3 is 0.979 bits per heavy atom. The van der Waals surface area contributed by atoms with Crippen molar-refractivity contribution >= 4 is 78.3 Å². The molecule has 3 radical (unpaired) electrons. The Morgan fingerprint density at radius 1 is 0.458 bits per heavy atom. The molecule has 6 nitrogen and oxygen atoms in total. The summed E-state index contributed by atoms with van der Waals surface area (Å²) in [5.74, 6) is 2.25. The molecule has 0 fully saturated rings. The molecule has 10 heteroatoms. The molecule has 0 aromatic rings. The zero-order chi connectivity index (χ0) is 37.3. The molecule has 0 aliphatic rings. The number of esters is 3. The minimum atomic E-state index is -0.216. The first kappa shape index (κ1) is 55.0. The van der Waals surface area contributed by atoms with Crippen LogP contribution in [-0.2, 0) is 28.6 Å². The Morgan fingerprint density at radius 2 is 0.729 bits per heavy atom. The van der Waals surface area contributed by atoms with Gasteiger partial charge in [0.05, 0.1) is 37.1 Å². The van der Waals surface area contributed by atoms with Crippen molar-refractivity contribution in [2.24, 2.45) is 17.8 Å². The van der Waals surface area contributed by atoms with Gasteiger partial charge in [-0.2, -0.15) is 37.9 Å². The van der Waals surface area contributed by atoms with Crippen LogP contribution in [0.4, 0.5) is 0 Å². The summed E-state index contributed by atoms with van der Waals surface area (Å²) in [5, 5.41) is 0. The molecule has 0 rings (SSSR count). The van der Waals surface area contributed by atoms with Gasteiger partial charge >= 0.3 is 90.3 Å². The van der Waals surface area contributed by atoms with Crippen LogP contribution in [0, 0.1) is 17.8 Å². The number of unbranched alkanes of at least 4 members (excludes halogenated alkanes) is 11. The molecule has 0 atom stereocenters. The second-order valence-electron chi connectivity index (χ2n) is 13.4. The number of carbonyl (C=O) groups is 3. The fourth-order valence-electron chi connectivity index (χ4n) is 4.09. The molecule has 0 unspecified atom stereocenters. The van der Waals surface area contributed by atoms with E-state index in [9.17, 15) is 14.4 Å². The van der Waals surface area contributed by atoms with Crippen LogP contribution in [0.15, 0.2) is 0 Å².